The Morgan fingerprint density at radius 3 is 2.05 bits per heavy atom. The molecule has 5 heteroatoms. The van der Waals surface area contributed by atoms with Crippen molar-refractivity contribution < 1.29 is 18.7 Å². The van der Waals surface area contributed by atoms with Gasteiger partial charge in [0, 0.05) is 0 Å². The third kappa shape index (κ3) is 5.35. The van der Waals surface area contributed by atoms with Crippen LogP contribution in [0, 0.1) is 0 Å². The van der Waals surface area contributed by atoms with E-state index >= 15 is 0 Å². The Kier molecular flexibility index (Phi) is 7.14. The molecule has 0 aliphatic rings. The Hall–Kier alpha value is -0.830. The predicted octanol–water partition coefficient (Wildman–Crippen LogP) is 4.41. The van der Waals surface area contributed by atoms with Gasteiger partial charge in [-0.1, -0.05) is 13.3 Å². The highest BCUT2D eigenvalue weighted by molar-refractivity contribution is 7.62. The molecule has 0 amide bonds. The highest BCUT2D eigenvalue weighted by Crippen LogP contribution is 2.62. The second-order valence-electron chi connectivity index (χ2n) is 4.11. The van der Waals surface area contributed by atoms with Crippen LogP contribution < -0.4 is 4.52 Å². The van der Waals surface area contributed by atoms with Crippen LogP contribution in [0.15, 0.2) is 24.3 Å². The molecule has 0 aliphatic heterocycles. The lowest BCUT2D eigenvalue weighted by molar-refractivity contribution is 0.195. The molecular formula is C14H24O4P+. The number of hydrogen-bond acceptors (Lipinski definition) is 4. The van der Waals surface area contributed by atoms with E-state index in [0.717, 1.165) is 19.0 Å². The quantitative estimate of drug-likeness (QED) is 0.683. The van der Waals surface area contributed by atoms with Crippen LogP contribution in [0.25, 0.3) is 0 Å². The van der Waals surface area contributed by atoms with Crippen LogP contribution in [0.2, 0.25) is 0 Å². The van der Waals surface area contributed by atoms with Crippen LogP contribution in [0.5, 0.6) is 11.5 Å². The van der Waals surface area contributed by atoms with Crippen molar-refractivity contribution in [2.75, 3.05) is 19.4 Å². The van der Waals surface area contributed by atoms with Gasteiger partial charge >= 0.3 is 7.94 Å². The maximum Gasteiger partial charge on any atom is 0.456 e. The molecule has 0 atom stereocenters. The van der Waals surface area contributed by atoms with Crippen molar-refractivity contribution in [1.29, 1.82) is 0 Å². The summed E-state index contributed by atoms with van der Waals surface area (Å²) in [5.41, 5.74) is 0. The monoisotopic (exact) mass is 287 g/mol. The number of phenolic OH excluding ortho intramolecular Hbond substituents is 1. The SMILES string of the molecule is CCCC[P+](OCC)(OCC)Oc1ccc(O)cc1. The summed E-state index contributed by atoms with van der Waals surface area (Å²) in [7, 11) is -2.33. The van der Waals surface area contributed by atoms with E-state index in [1.54, 1.807) is 24.3 Å². The molecule has 19 heavy (non-hydrogen) atoms. The van der Waals surface area contributed by atoms with Gasteiger partial charge in [0.05, 0.1) is 13.2 Å². The van der Waals surface area contributed by atoms with Gasteiger partial charge in [-0.25, -0.2) is 0 Å². The van der Waals surface area contributed by atoms with Gasteiger partial charge in [0.25, 0.3) is 0 Å². The minimum atomic E-state index is -2.33. The van der Waals surface area contributed by atoms with Gasteiger partial charge in [-0.05, 0) is 44.5 Å². The van der Waals surface area contributed by atoms with Gasteiger partial charge < -0.3 is 5.11 Å². The topological polar surface area (TPSA) is 47.9 Å². The van der Waals surface area contributed by atoms with Gasteiger partial charge in [-0.2, -0.15) is 9.05 Å². The molecule has 0 bridgehead atoms. The summed E-state index contributed by atoms with van der Waals surface area (Å²) in [5.74, 6) is 0.891. The zero-order chi connectivity index (χ0) is 14.1. The molecule has 0 radical (unpaired) electrons. The smallest absolute Gasteiger partial charge is 0.456 e. The summed E-state index contributed by atoms with van der Waals surface area (Å²) in [4.78, 5) is 0. The summed E-state index contributed by atoms with van der Waals surface area (Å²) in [5, 5.41) is 9.29. The Labute approximate surface area is 116 Å². The fourth-order valence-electron chi connectivity index (χ4n) is 1.68. The molecule has 1 aromatic rings. The number of phenols is 1. The first-order chi connectivity index (χ1) is 9.15. The molecule has 0 spiro atoms. The standard InChI is InChI=1S/C14H23O4P/c1-4-7-12-19(16-5-2,17-6-3)18-14-10-8-13(15)9-11-14/h8-11H,4-7,12H2,1-3H3/p+1. The predicted molar refractivity (Wildman–Crippen MR) is 78.7 cm³/mol. The Morgan fingerprint density at radius 1 is 1.00 bits per heavy atom. The van der Waals surface area contributed by atoms with Crippen molar-refractivity contribution in [2.24, 2.45) is 0 Å². The van der Waals surface area contributed by atoms with Gasteiger partial charge in [0.2, 0.25) is 0 Å². The molecule has 0 heterocycles. The zero-order valence-corrected chi connectivity index (χ0v) is 12.9. The number of aromatic hydroxyl groups is 1. The molecule has 0 aliphatic carbocycles. The maximum atomic E-state index is 9.29. The van der Waals surface area contributed by atoms with Gasteiger partial charge in [-0.3, -0.25) is 4.52 Å². The average Bonchev–Trinajstić information content (AvgIpc) is 2.40. The first-order valence-electron chi connectivity index (χ1n) is 6.81. The second kappa shape index (κ2) is 8.36. The van der Waals surface area contributed by atoms with Crippen LogP contribution in [0.4, 0.5) is 0 Å². The Bertz CT molecular complexity index is 347. The number of benzene rings is 1. The number of hydrogen-bond donors (Lipinski definition) is 1. The van der Waals surface area contributed by atoms with Crippen molar-refractivity contribution in [2.45, 2.75) is 33.6 Å². The van der Waals surface area contributed by atoms with Crippen molar-refractivity contribution in [3.05, 3.63) is 24.3 Å². The van der Waals surface area contributed by atoms with E-state index in [1.807, 2.05) is 13.8 Å². The largest absolute Gasteiger partial charge is 0.508 e. The number of rotatable bonds is 9. The third-order valence-corrected chi connectivity index (χ3v) is 5.17. The minimum absolute atomic E-state index is 0.220. The number of unbranched alkanes of at least 4 members (excludes halogenated alkanes) is 1. The zero-order valence-electron chi connectivity index (χ0n) is 12.0. The van der Waals surface area contributed by atoms with Crippen molar-refractivity contribution >= 4 is 7.94 Å². The average molecular weight is 287 g/mol. The highest BCUT2D eigenvalue weighted by atomic mass is 31.2. The molecule has 1 N–H and O–H groups in total. The highest BCUT2D eigenvalue weighted by Gasteiger charge is 2.45. The molecule has 0 unspecified atom stereocenters. The van der Waals surface area contributed by atoms with Crippen molar-refractivity contribution in [3.63, 3.8) is 0 Å². The fraction of sp³-hybridized carbons (Fsp3) is 0.571. The Balaban J connectivity index is 2.83. The molecular weight excluding hydrogens is 263 g/mol. The lowest BCUT2D eigenvalue weighted by Gasteiger charge is -2.21. The molecule has 1 aromatic carbocycles. The lowest BCUT2D eigenvalue weighted by Crippen LogP contribution is -2.13. The molecule has 0 saturated carbocycles. The molecule has 108 valence electrons. The third-order valence-electron chi connectivity index (χ3n) is 2.52. The molecule has 0 aromatic heterocycles. The lowest BCUT2D eigenvalue weighted by atomic mass is 10.3. The van der Waals surface area contributed by atoms with Crippen LogP contribution >= 0.6 is 7.94 Å². The second-order valence-corrected chi connectivity index (χ2v) is 6.48. The van der Waals surface area contributed by atoms with Crippen molar-refractivity contribution in [1.82, 2.24) is 0 Å². The normalized spacial score (nSPS) is 11.5. The van der Waals surface area contributed by atoms with Crippen LogP contribution in [0.1, 0.15) is 33.6 Å². The first kappa shape index (κ1) is 16.2. The van der Waals surface area contributed by atoms with E-state index in [-0.39, 0.29) is 5.75 Å². The van der Waals surface area contributed by atoms with Crippen LogP contribution in [0.3, 0.4) is 0 Å². The molecule has 0 saturated heterocycles. The van der Waals surface area contributed by atoms with Crippen molar-refractivity contribution in [3.8, 4) is 11.5 Å². The summed E-state index contributed by atoms with van der Waals surface area (Å²) >= 11 is 0. The van der Waals surface area contributed by atoms with E-state index in [9.17, 15) is 5.11 Å². The fourth-order valence-corrected chi connectivity index (χ4v) is 4.14. The van der Waals surface area contributed by atoms with Gasteiger partial charge in [0.1, 0.15) is 11.9 Å². The maximum absolute atomic E-state index is 9.29. The summed E-state index contributed by atoms with van der Waals surface area (Å²) in [6, 6.07) is 6.66. The summed E-state index contributed by atoms with van der Waals surface area (Å²) in [6.45, 7) is 7.15. The molecule has 0 fully saturated rings. The van der Waals surface area contributed by atoms with Gasteiger partial charge in [0.15, 0.2) is 5.75 Å². The minimum Gasteiger partial charge on any atom is -0.508 e. The van der Waals surface area contributed by atoms with E-state index in [2.05, 4.69) is 6.92 Å². The van der Waals surface area contributed by atoms with E-state index in [1.165, 1.54) is 0 Å². The van der Waals surface area contributed by atoms with Crippen LogP contribution in [-0.4, -0.2) is 24.5 Å². The Morgan fingerprint density at radius 2 is 1.58 bits per heavy atom. The van der Waals surface area contributed by atoms with Gasteiger partial charge in [-0.15, -0.1) is 0 Å². The molecule has 1 rings (SSSR count). The van der Waals surface area contributed by atoms with E-state index in [4.69, 9.17) is 13.6 Å². The van der Waals surface area contributed by atoms with E-state index in [0.29, 0.717) is 19.0 Å². The van der Waals surface area contributed by atoms with Crippen LogP contribution in [-0.2, 0) is 9.05 Å². The van der Waals surface area contributed by atoms with E-state index < -0.39 is 7.94 Å². The molecule has 4 nitrogen and oxygen atoms in total. The summed E-state index contributed by atoms with van der Waals surface area (Å²) < 4.78 is 17.6. The summed E-state index contributed by atoms with van der Waals surface area (Å²) in [6.07, 6.45) is 2.86. The first-order valence-corrected chi connectivity index (χ1v) is 8.54.